The summed E-state index contributed by atoms with van der Waals surface area (Å²) in [5.41, 5.74) is 0. The van der Waals surface area contributed by atoms with E-state index in [0.29, 0.717) is 33.0 Å². The Labute approximate surface area is 95.0 Å². The number of ether oxygens (including phenoxy) is 3. The molecule has 0 spiro atoms. The number of hydrogen-bond donors (Lipinski definition) is 1. The summed E-state index contributed by atoms with van der Waals surface area (Å²) in [4.78, 5) is 3.88. The molecule has 0 aliphatic rings. The summed E-state index contributed by atoms with van der Waals surface area (Å²) < 4.78 is 15.7. The molecule has 0 aliphatic heterocycles. The number of nitrogens with zero attached hydrogens (tertiary/aromatic N) is 1. The highest BCUT2D eigenvalue weighted by Crippen LogP contribution is 2.05. The van der Waals surface area contributed by atoms with Crippen molar-refractivity contribution in [1.82, 2.24) is 4.98 Å². The highest BCUT2D eigenvalue weighted by Gasteiger charge is 1.92. The minimum atomic E-state index is 0.0468. The van der Waals surface area contributed by atoms with Crippen LogP contribution in [0.3, 0.4) is 0 Å². The molecule has 90 valence electrons. The van der Waals surface area contributed by atoms with Crippen molar-refractivity contribution in [2.24, 2.45) is 0 Å². The van der Waals surface area contributed by atoms with Gasteiger partial charge in [-0.2, -0.15) is 0 Å². The zero-order valence-electron chi connectivity index (χ0n) is 9.17. The SMILES string of the molecule is OCCOCCOCCOc1ccncc1. The molecule has 16 heavy (non-hydrogen) atoms. The maximum Gasteiger partial charge on any atom is 0.122 e. The lowest BCUT2D eigenvalue weighted by molar-refractivity contribution is 0.0247. The Bertz CT molecular complexity index is 255. The van der Waals surface area contributed by atoms with Gasteiger partial charge in [0.05, 0.1) is 33.0 Å². The summed E-state index contributed by atoms with van der Waals surface area (Å²) in [6.45, 7) is 2.44. The monoisotopic (exact) mass is 227 g/mol. The summed E-state index contributed by atoms with van der Waals surface area (Å²) in [6, 6.07) is 3.59. The minimum Gasteiger partial charge on any atom is -0.491 e. The van der Waals surface area contributed by atoms with Gasteiger partial charge in [-0.15, -0.1) is 0 Å². The van der Waals surface area contributed by atoms with E-state index in [9.17, 15) is 0 Å². The number of aromatic nitrogens is 1. The van der Waals surface area contributed by atoms with Crippen LogP contribution in [0.1, 0.15) is 0 Å². The lowest BCUT2D eigenvalue weighted by Crippen LogP contribution is -2.11. The van der Waals surface area contributed by atoms with E-state index in [2.05, 4.69) is 4.98 Å². The fraction of sp³-hybridized carbons (Fsp3) is 0.545. The third-order valence-electron chi connectivity index (χ3n) is 1.75. The summed E-state index contributed by atoms with van der Waals surface area (Å²) in [5, 5.41) is 8.44. The Hall–Kier alpha value is -1.17. The normalized spacial score (nSPS) is 10.3. The fourth-order valence-electron chi connectivity index (χ4n) is 1.04. The van der Waals surface area contributed by atoms with Crippen LogP contribution in [-0.4, -0.2) is 49.7 Å². The smallest absolute Gasteiger partial charge is 0.122 e. The predicted octanol–water partition coefficient (Wildman–Crippen LogP) is 0.486. The molecule has 0 radical (unpaired) electrons. The molecule has 1 aromatic rings. The number of rotatable bonds is 9. The second-order valence-corrected chi connectivity index (χ2v) is 2.98. The van der Waals surface area contributed by atoms with Crippen LogP contribution >= 0.6 is 0 Å². The van der Waals surface area contributed by atoms with Crippen LogP contribution in [0.15, 0.2) is 24.5 Å². The molecule has 5 heteroatoms. The zero-order valence-corrected chi connectivity index (χ0v) is 9.17. The van der Waals surface area contributed by atoms with Crippen molar-refractivity contribution in [3.8, 4) is 5.75 Å². The third-order valence-corrected chi connectivity index (χ3v) is 1.75. The molecule has 0 atom stereocenters. The molecule has 0 bridgehead atoms. The topological polar surface area (TPSA) is 60.8 Å². The van der Waals surface area contributed by atoms with Crippen LogP contribution in [0.4, 0.5) is 0 Å². The molecule has 1 rings (SSSR count). The highest BCUT2D eigenvalue weighted by molar-refractivity contribution is 5.16. The standard InChI is InChI=1S/C11H17NO4/c13-5-6-14-7-8-15-9-10-16-11-1-3-12-4-2-11/h1-4,13H,5-10H2. The maximum atomic E-state index is 8.44. The van der Waals surface area contributed by atoms with Gasteiger partial charge in [-0.3, -0.25) is 4.98 Å². The molecular weight excluding hydrogens is 210 g/mol. The van der Waals surface area contributed by atoms with Gasteiger partial charge in [-0.1, -0.05) is 0 Å². The molecule has 0 unspecified atom stereocenters. The van der Waals surface area contributed by atoms with Crippen LogP contribution in [-0.2, 0) is 9.47 Å². The van der Waals surface area contributed by atoms with E-state index in [0.717, 1.165) is 5.75 Å². The molecule has 1 heterocycles. The second kappa shape index (κ2) is 9.08. The lowest BCUT2D eigenvalue weighted by Gasteiger charge is -2.06. The number of hydrogen-bond acceptors (Lipinski definition) is 5. The highest BCUT2D eigenvalue weighted by atomic mass is 16.5. The van der Waals surface area contributed by atoms with Crippen molar-refractivity contribution in [3.05, 3.63) is 24.5 Å². The van der Waals surface area contributed by atoms with Crippen LogP contribution in [0.2, 0.25) is 0 Å². The number of pyridine rings is 1. The summed E-state index contributed by atoms with van der Waals surface area (Å²) in [5.74, 6) is 0.787. The molecule has 0 amide bonds. The number of aliphatic hydroxyl groups is 1. The van der Waals surface area contributed by atoms with Gasteiger partial charge in [-0.05, 0) is 12.1 Å². The largest absolute Gasteiger partial charge is 0.491 e. The quantitative estimate of drug-likeness (QED) is 0.622. The van der Waals surface area contributed by atoms with Gasteiger partial charge in [-0.25, -0.2) is 0 Å². The molecule has 0 saturated carbocycles. The van der Waals surface area contributed by atoms with Gasteiger partial charge in [0.2, 0.25) is 0 Å². The molecule has 5 nitrogen and oxygen atoms in total. The molecular formula is C11H17NO4. The zero-order chi connectivity index (χ0) is 11.5. The van der Waals surface area contributed by atoms with Gasteiger partial charge in [0, 0.05) is 12.4 Å². The second-order valence-electron chi connectivity index (χ2n) is 2.98. The molecule has 1 N–H and O–H groups in total. The first-order valence-electron chi connectivity index (χ1n) is 5.22. The van der Waals surface area contributed by atoms with Gasteiger partial charge in [0.1, 0.15) is 12.4 Å². The Morgan fingerprint density at radius 2 is 1.56 bits per heavy atom. The predicted molar refractivity (Wildman–Crippen MR) is 58.5 cm³/mol. The van der Waals surface area contributed by atoms with E-state index in [1.54, 1.807) is 24.5 Å². The Morgan fingerprint density at radius 1 is 0.938 bits per heavy atom. The van der Waals surface area contributed by atoms with Crippen molar-refractivity contribution in [2.75, 3.05) is 39.6 Å². The van der Waals surface area contributed by atoms with Crippen molar-refractivity contribution >= 4 is 0 Å². The summed E-state index contributed by atoms with van der Waals surface area (Å²) in [7, 11) is 0. The van der Waals surface area contributed by atoms with E-state index in [1.807, 2.05) is 0 Å². The average Bonchev–Trinajstić information content (AvgIpc) is 2.34. The minimum absolute atomic E-state index is 0.0468. The van der Waals surface area contributed by atoms with Gasteiger partial charge < -0.3 is 19.3 Å². The summed E-state index contributed by atoms with van der Waals surface area (Å²) in [6.07, 6.45) is 3.36. The van der Waals surface area contributed by atoms with Crippen molar-refractivity contribution in [2.45, 2.75) is 0 Å². The van der Waals surface area contributed by atoms with Crippen molar-refractivity contribution < 1.29 is 19.3 Å². The van der Waals surface area contributed by atoms with E-state index in [-0.39, 0.29) is 6.61 Å². The Balaban J connectivity index is 1.89. The van der Waals surface area contributed by atoms with E-state index >= 15 is 0 Å². The first-order chi connectivity index (χ1) is 7.93. The van der Waals surface area contributed by atoms with Crippen molar-refractivity contribution in [1.29, 1.82) is 0 Å². The van der Waals surface area contributed by atoms with Crippen LogP contribution in [0.5, 0.6) is 5.75 Å². The Kier molecular flexibility index (Phi) is 7.32. The lowest BCUT2D eigenvalue weighted by atomic mass is 10.4. The van der Waals surface area contributed by atoms with E-state index in [1.165, 1.54) is 0 Å². The molecule has 0 aromatic carbocycles. The van der Waals surface area contributed by atoms with Gasteiger partial charge >= 0.3 is 0 Å². The van der Waals surface area contributed by atoms with Gasteiger partial charge in [0.15, 0.2) is 0 Å². The molecule has 0 fully saturated rings. The van der Waals surface area contributed by atoms with Crippen LogP contribution < -0.4 is 4.74 Å². The average molecular weight is 227 g/mol. The van der Waals surface area contributed by atoms with Crippen LogP contribution in [0, 0.1) is 0 Å². The fourth-order valence-corrected chi connectivity index (χ4v) is 1.04. The molecule has 0 aliphatic carbocycles. The summed E-state index contributed by atoms with van der Waals surface area (Å²) >= 11 is 0. The third kappa shape index (κ3) is 6.34. The molecule has 0 saturated heterocycles. The Morgan fingerprint density at radius 3 is 2.25 bits per heavy atom. The van der Waals surface area contributed by atoms with E-state index < -0.39 is 0 Å². The first-order valence-corrected chi connectivity index (χ1v) is 5.22. The molecule has 1 aromatic heterocycles. The van der Waals surface area contributed by atoms with Gasteiger partial charge in [0.25, 0.3) is 0 Å². The maximum absolute atomic E-state index is 8.44. The number of aliphatic hydroxyl groups excluding tert-OH is 1. The van der Waals surface area contributed by atoms with Crippen LogP contribution in [0.25, 0.3) is 0 Å². The first kappa shape index (κ1) is 12.9. The van der Waals surface area contributed by atoms with E-state index in [4.69, 9.17) is 19.3 Å². The van der Waals surface area contributed by atoms with Crippen molar-refractivity contribution in [3.63, 3.8) is 0 Å².